The van der Waals surface area contributed by atoms with Crippen LogP contribution in [0.15, 0.2) is 0 Å². The Bertz CT molecular complexity index is 161. The lowest BCUT2D eigenvalue weighted by Gasteiger charge is -2.29. The van der Waals surface area contributed by atoms with E-state index >= 15 is 0 Å². The lowest BCUT2D eigenvalue weighted by Crippen LogP contribution is -2.39. The predicted octanol–water partition coefficient (Wildman–Crippen LogP) is 1.40. The van der Waals surface area contributed by atoms with Gasteiger partial charge in [-0.3, -0.25) is 0 Å². The standard InChI is InChI=1S/C13H29N3/c1-4-16(5-2)12-11-15(3)13-7-6-9-14-10-8-13/h13-14H,4-12H2,1-3H3. The molecule has 1 aliphatic heterocycles. The highest BCUT2D eigenvalue weighted by molar-refractivity contribution is 4.74. The minimum Gasteiger partial charge on any atom is -0.317 e. The fourth-order valence-corrected chi connectivity index (χ4v) is 2.46. The van der Waals surface area contributed by atoms with Crippen LogP contribution in [-0.2, 0) is 0 Å². The van der Waals surface area contributed by atoms with Crippen molar-refractivity contribution in [3.63, 3.8) is 0 Å². The van der Waals surface area contributed by atoms with Crippen LogP contribution < -0.4 is 5.32 Å². The van der Waals surface area contributed by atoms with Gasteiger partial charge in [0.15, 0.2) is 0 Å². The van der Waals surface area contributed by atoms with Crippen LogP contribution in [0.25, 0.3) is 0 Å². The Balaban J connectivity index is 2.24. The molecule has 0 bridgehead atoms. The van der Waals surface area contributed by atoms with Crippen LogP contribution in [0.2, 0.25) is 0 Å². The molecule has 16 heavy (non-hydrogen) atoms. The van der Waals surface area contributed by atoms with Crippen molar-refractivity contribution in [1.29, 1.82) is 0 Å². The van der Waals surface area contributed by atoms with Gasteiger partial charge in [0.25, 0.3) is 0 Å². The zero-order chi connectivity index (χ0) is 11.8. The summed E-state index contributed by atoms with van der Waals surface area (Å²) in [5.41, 5.74) is 0. The average Bonchev–Trinajstić information content (AvgIpc) is 2.58. The number of nitrogens with zero attached hydrogens (tertiary/aromatic N) is 2. The number of hydrogen-bond donors (Lipinski definition) is 1. The lowest BCUT2D eigenvalue weighted by atomic mass is 10.1. The van der Waals surface area contributed by atoms with Gasteiger partial charge in [-0.15, -0.1) is 0 Å². The summed E-state index contributed by atoms with van der Waals surface area (Å²) in [4.78, 5) is 5.07. The predicted molar refractivity (Wildman–Crippen MR) is 70.9 cm³/mol. The molecule has 0 aromatic rings. The highest BCUT2D eigenvalue weighted by Gasteiger charge is 2.16. The monoisotopic (exact) mass is 227 g/mol. The zero-order valence-corrected chi connectivity index (χ0v) is 11.3. The lowest BCUT2D eigenvalue weighted by molar-refractivity contribution is 0.186. The van der Waals surface area contributed by atoms with Crippen LogP contribution >= 0.6 is 0 Å². The molecule has 3 heteroatoms. The van der Waals surface area contributed by atoms with E-state index in [1.54, 1.807) is 0 Å². The Labute approximate surface area is 101 Å². The van der Waals surface area contributed by atoms with Gasteiger partial charge in [0.05, 0.1) is 0 Å². The van der Waals surface area contributed by atoms with Crippen LogP contribution in [0.4, 0.5) is 0 Å². The van der Waals surface area contributed by atoms with E-state index in [-0.39, 0.29) is 0 Å². The van der Waals surface area contributed by atoms with Crippen molar-refractivity contribution < 1.29 is 0 Å². The summed E-state index contributed by atoms with van der Waals surface area (Å²) in [5, 5.41) is 3.48. The van der Waals surface area contributed by atoms with Crippen molar-refractivity contribution in [2.75, 3.05) is 46.3 Å². The molecule has 1 saturated heterocycles. The third kappa shape index (κ3) is 4.81. The smallest absolute Gasteiger partial charge is 0.0109 e. The summed E-state index contributed by atoms with van der Waals surface area (Å²) >= 11 is 0. The van der Waals surface area contributed by atoms with Crippen LogP contribution in [0, 0.1) is 0 Å². The molecule has 1 rings (SSSR count). The van der Waals surface area contributed by atoms with Crippen molar-refractivity contribution in [2.45, 2.75) is 39.2 Å². The second-order valence-corrected chi connectivity index (χ2v) is 4.84. The third-order valence-electron chi connectivity index (χ3n) is 3.83. The maximum absolute atomic E-state index is 3.48. The maximum Gasteiger partial charge on any atom is 0.0109 e. The maximum atomic E-state index is 3.48. The molecule has 3 nitrogen and oxygen atoms in total. The molecule has 0 aliphatic carbocycles. The minimum atomic E-state index is 0.797. The summed E-state index contributed by atoms with van der Waals surface area (Å²) in [6.45, 7) is 11.7. The molecule has 0 radical (unpaired) electrons. The van der Waals surface area contributed by atoms with Crippen LogP contribution in [0.5, 0.6) is 0 Å². The molecule has 0 saturated carbocycles. The van der Waals surface area contributed by atoms with E-state index in [0.717, 1.165) is 6.04 Å². The van der Waals surface area contributed by atoms with E-state index in [1.165, 1.54) is 58.5 Å². The Morgan fingerprint density at radius 2 is 1.81 bits per heavy atom. The fourth-order valence-electron chi connectivity index (χ4n) is 2.46. The summed E-state index contributed by atoms with van der Waals surface area (Å²) < 4.78 is 0. The van der Waals surface area contributed by atoms with Crippen molar-refractivity contribution in [1.82, 2.24) is 15.1 Å². The summed E-state index contributed by atoms with van der Waals surface area (Å²) in [5.74, 6) is 0. The van der Waals surface area contributed by atoms with Crippen LogP contribution in [0.1, 0.15) is 33.1 Å². The van der Waals surface area contributed by atoms with Gasteiger partial charge >= 0.3 is 0 Å². The van der Waals surface area contributed by atoms with E-state index < -0.39 is 0 Å². The Morgan fingerprint density at radius 1 is 1.06 bits per heavy atom. The molecule has 1 fully saturated rings. The molecule has 1 aliphatic rings. The van der Waals surface area contributed by atoms with E-state index in [2.05, 4.69) is 36.0 Å². The minimum absolute atomic E-state index is 0.797. The number of rotatable bonds is 6. The number of hydrogen-bond acceptors (Lipinski definition) is 3. The quantitative estimate of drug-likeness (QED) is 0.740. The van der Waals surface area contributed by atoms with Crippen LogP contribution in [-0.4, -0.2) is 62.2 Å². The summed E-state index contributed by atoms with van der Waals surface area (Å²) in [6.07, 6.45) is 4.01. The molecular weight excluding hydrogens is 198 g/mol. The summed E-state index contributed by atoms with van der Waals surface area (Å²) in [6, 6.07) is 0.797. The van der Waals surface area contributed by atoms with Crippen molar-refractivity contribution >= 4 is 0 Å². The van der Waals surface area contributed by atoms with Gasteiger partial charge in [0.1, 0.15) is 0 Å². The van der Waals surface area contributed by atoms with Crippen LogP contribution in [0.3, 0.4) is 0 Å². The van der Waals surface area contributed by atoms with Gasteiger partial charge < -0.3 is 15.1 Å². The van der Waals surface area contributed by atoms with Gasteiger partial charge in [-0.25, -0.2) is 0 Å². The normalized spacial score (nSPS) is 22.7. The third-order valence-corrected chi connectivity index (χ3v) is 3.83. The molecule has 0 aromatic carbocycles. The van der Waals surface area contributed by atoms with E-state index in [9.17, 15) is 0 Å². The fraction of sp³-hybridized carbons (Fsp3) is 1.00. The molecule has 1 heterocycles. The average molecular weight is 227 g/mol. The van der Waals surface area contributed by atoms with Gasteiger partial charge in [-0.2, -0.15) is 0 Å². The first-order valence-electron chi connectivity index (χ1n) is 6.91. The molecule has 1 atom stereocenters. The molecule has 0 aromatic heterocycles. The van der Waals surface area contributed by atoms with E-state index in [4.69, 9.17) is 0 Å². The molecule has 0 spiro atoms. The van der Waals surface area contributed by atoms with Crippen molar-refractivity contribution in [3.05, 3.63) is 0 Å². The SMILES string of the molecule is CCN(CC)CCN(C)C1CCCNCC1. The Kier molecular flexibility index (Phi) is 7.01. The Hall–Kier alpha value is -0.120. The molecular formula is C13H29N3. The second-order valence-electron chi connectivity index (χ2n) is 4.84. The molecule has 1 N–H and O–H groups in total. The van der Waals surface area contributed by atoms with Gasteiger partial charge in [-0.05, 0) is 52.5 Å². The van der Waals surface area contributed by atoms with E-state index in [1.807, 2.05) is 0 Å². The van der Waals surface area contributed by atoms with Crippen molar-refractivity contribution in [2.24, 2.45) is 0 Å². The topological polar surface area (TPSA) is 18.5 Å². The number of likely N-dealkylation sites (N-methyl/N-ethyl adjacent to an activating group) is 2. The first-order chi connectivity index (χ1) is 7.77. The first-order valence-corrected chi connectivity index (χ1v) is 6.91. The first kappa shape index (κ1) is 13.9. The Morgan fingerprint density at radius 3 is 2.50 bits per heavy atom. The zero-order valence-electron chi connectivity index (χ0n) is 11.3. The molecule has 96 valence electrons. The second kappa shape index (κ2) is 8.04. The summed E-state index contributed by atoms with van der Waals surface area (Å²) in [7, 11) is 2.29. The number of nitrogens with one attached hydrogen (secondary N) is 1. The van der Waals surface area contributed by atoms with Gasteiger partial charge in [0, 0.05) is 19.1 Å². The van der Waals surface area contributed by atoms with E-state index in [0.29, 0.717) is 0 Å². The largest absolute Gasteiger partial charge is 0.317 e. The highest BCUT2D eigenvalue weighted by Crippen LogP contribution is 2.11. The van der Waals surface area contributed by atoms with Gasteiger partial charge in [-0.1, -0.05) is 13.8 Å². The van der Waals surface area contributed by atoms with Crippen molar-refractivity contribution in [3.8, 4) is 0 Å². The van der Waals surface area contributed by atoms with Gasteiger partial charge in [0.2, 0.25) is 0 Å². The highest BCUT2D eigenvalue weighted by atomic mass is 15.2. The molecule has 1 unspecified atom stereocenters. The molecule has 0 amide bonds.